The number of benzene rings is 1. The fraction of sp³-hybridized carbons (Fsp3) is 0.500. The zero-order valence-corrected chi connectivity index (χ0v) is 16.8. The molecule has 152 valence electrons. The molecule has 1 saturated heterocycles. The molecule has 8 heteroatoms. The number of ether oxygens (including phenoxy) is 3. The van der Waals surface area contributed by atoms with Crippen LogP contribution in [0.25, 0.3) is 10.9 Å². The standard InChI is InChI=1S/C20H27N3O5/c1-12-6-5-7-23(10-12)11-17(24)22-18-13-8-15(26-2)16(27-3)9-14(13)21-19(18)20(25)28-4/h8-9,12,21H,5-7,10-11H2,1-4H3,(H,22,24). The number of carbonyl (C=O) groups excluding carboxylic acids is 2. The number of nitrogens with one attached hydrogen (secondary N) is 2. The zero-order valence-electron chi connectivity index (χ0n) is 16.8. The fourth-order valence-electron chi connectivity index (χ4n) is 3.72. The van der Waals surface area contributed by atoms with Crippen LogP contribution in [0.4, 0.5) is 5.69 Å². The van der Waals surface area contributed by atoms with Crippen molar-refractivity contribution in [2.24, 2.45) is 5.92 Å². The Morgan fingerprint density at radius 3 is 2.57 bits per heavy atom. The number of methoxy groups -OCH3 is 3. The highest BCUT2D eigenvalue weighted by Gasteiger charge is 2.24. The molecule has 2 N–H and O–H groups in total. The molecule has 1 aliphatic heterocycles. The smallest absolute Gasteiger partial charge is 0.356 e. The van der Waals surface area contributed by atoms with Crippen molar-refractivity contribution in [2.75, 3.05) is 46.3 Å². The maximum atomic E-state index is 12.7. The monoisotopic (exact) mass is 389 g/mol. The molecule has 1 fully saturated rings. The van der Waals surface area contributed by atoms with E-state index in [-0.39, 0.29) is 18.1 Å². The molecule has 2 aromatic rings. The predicted molar refractivity (Wildman–Crippen MR) is 106 cm³/mol. The normalized spacial score (nSPS) is 17.4. The molecule has 1 amide bonds. The summed E-state index contributed by atoms with van der Waals surface area (Å²) in [5, 5.41) is 3.54. The predicted octanol–water partition coefficient (Wildman–Crippen LogP) is 2.64. The highest BCUT2D eigenvalue weighted by molar-refractivity contribution is 6.11. The molecule has 3 rings (SSSR count). The maximum Gasteiger partial charge on any atom is 0.356 e. The lowest BCUT2D eigenvalue weighted by atomic mass is 10.0. The van der Waals surface area contributed by atoms with Crippen LogP contribution in [0.2, 0.25) is 0 Å². The van der Waals surface area contributed by atoms with E-state index < -0.39 is 5.97 Å². The van der Waals surface area contributed by atoms with Gasteiger partial charge in [0.05, 0.1) is 39.1 Å². The molecule has 1 aromatic heterocycles. The van der Waals surface area contributed by atoms with E-state index in [4.69, 9.17) is 14.2 Å². The van der Waals surface area contributed by atoms with Gasteiger partial charge >= 0.3 is 5.97 Å². The van der Waals surface area contributed by atoms with Crippen LogP contribution in [-0.4, -0.2) is 62.7 Å². The Kier molecular flexibility index (Phi) is 6.08. The Morgan fingerprint density at radius 1 is 1.21 bits per heavy atom. The lowest BCUT2D eigenvalue weighted by Gasteiger charge is -2.30. The summed E-state index contributed by atoms with van der Waals surface area (Å²) in [5.74, 6) is 0.876. The van der Waals surface area contributed by atoms with Crippen molar-refractivity contribution in [3.63, 3.8) is 0 Å². The quantitative estimate of drug-likeness (QED) is 0.738. The Morgan fingerprint density at radius 2 is 1.93 bits per heavy atom. The van der Waals surface area contributed by atoms with Crippen molar-refractivity contribution in [2.45, 2.75) is 19.8 Å². The molecule has 0 radical (unpaired) electrons. The number of amides is 1. The van der Waals surface area contributed by atoms with Gasteiger partial charge in [-0.2, -0.15) is 0 Å². The molecule has 1 unspecified atom stereocenters. The number of aromatic amines is 1. The van der Waals surface area contributed by atoms with Crippen LogP contribution in [0.15, 0.2) is 12.1 Å². The second kappa shape index (κ2) is 8.52. The third kappa shape index (κ3) is 4.06. The number of H-pyrrole nitrogens is 1. The van der Waals surface area contributed by atoms with Crippen molar-refractivity contribution in [1.82, 2.24) is 9.88 Å². The number of rotatable bonds is 6. The summed E-state index contributed by atoms with van der Waals surface area (Å²) in [7, 11) is 4.37. The minimum Gasteiger partial charge on any atom is -0.493 e. The van der Waals surface area contributed by atoms with Gasteiger partial charge < -0.3 is 24.5 Å². The van der Waals surface area contributed by atoms with E-state index >= 15 is 0 Å². The number of likely N-dealkylation sites (tertiary alicyclic amines) is 1. The average Bonchev–Trinajstić information content (AvgIpc) is 3.03. The number of piperidine rings is 1. The minimum absolute atomic E-state index is 0.171. The Bertz CT molecular complexity index is 876. The van der Waals surface area contributed by atoms with Crippen LogP contribution in [0.1, 0.15) is 30.3 Å². The SMILES string of the molecule is COC(=O)c1[nH]c2cc(OC)c(OC)cc2c1NC(=O)CN1CCCC(C)C1. The van der Waals surface area contributed by atoms with Gasteiger partial charge in [0, 0.05) is 18.0 Å². The van der Waals surface area contributed by atoms with Gasteiger partial charge in [0.1, 0.15) is 5.69 Å². The van der Waals surface area contributed by atoms with E-state index in [2.05, 4.69) is 22.1 Å². The van der Waals surface area contributed by atoms with Crippen molar-refractivity contribution in [3.05, 3.63) is 17.8 Å². The van der Waals surface area contributed by atoms with Crippen LogP contribution in [0.3, 0.4) is 0 Å². The Hall–Kier alpha value is -2.74. The van der Waals surface area contributed by atoms with Gasteiger partial charge in [-0.05, 0) is 31.4 Å². The van der Waals surface area contributed by atoms with Gasteiger partial charge in [0.2, 0.25) is 5.91 Å². The van der Waals surface area contributed by atoms with E-state index in [0.29, 0.717) is 34.0 Å². The van der Waals surface area contributed by atoms with Gasteiger partial charge in [-0.3, -0.25) is 9.69 Å². The van der Waals surface area contributed by atoms with E-state index in [9.17, 15) is 9.59 Å². The molecule has 0 spiro atoms. The summed E-state index contributed by atoms with van der Waals surface area (Å²) in [6.45, 7) is 4.28. The van der Waals surface area contributed by atoms with Crippen molar-refractivity contribution in [1.29, 1.82) is 0 Å². The summed E-state index contributed by atoms with van der Waals surface area (Å²) in [4.78, 5) is 30.1. The van der Waals surface area contributed by atoms with Crippen LogP contribution in [0, 0.1) is 5.92 Å². The molecule has 0 aliphatic carbocycles. The number of hydrogen-bond donors (Lipinski definition) is 2. The Balaban J connectivity index is 1.92. The third-order valence-corrected chi connectivity index (χ3v) is 5.07. The number of anilines is 1. The van der Waals surface area contributed by atoms with Crippen LogP contribution in [0.5, 0.6) is 11.5 Å². The number of carbonyl (C=O) groups is 2. The van der Waals surface area contributed by atoms with E-state index in [0.717, 1.165) is 19.5 Å². The van der Waals surface area contributed by atoms with Crippen LogP contribution < -0.4 is 14.8 Å². The molecular weight excluding hydrogens is 362 g/mol. The number of esters is 1. The lowest BCUT2D eigenvalue weighted by molar-refractivity contribution is -0.117. The first-order valence-electron chi connectivity index (χ1n) is 9.35. The second-order valence-corrected chi connectivity index (χ2v) is 7.15. The molecule has 0 saturated carbocycles. The largest absolute Gasteiger partial charge is 0.493 e. The van der Waals surface area contributed by atoms with Gasteiger partial charge in [-0.1, -0.05) is 6.92 Å². The molecule has 28 heavy (non-hydrogen) atoms. The highest BCUT2D eigenvalue weighted by atomic mass is 16.5. The van der Waals surface area contributed by atoms with Gasteiger partial charge in [-0.15, -0.1) is 0 Å². The number of nitrogens with zero attached hydrogens (tertiary/aromatic N) is 1. The number of hydrogen-bond acceptors (Lipinski definition) is 6. The molecule has 1 aliphatic rings. The van der Waals surface area contributed by atoms with Crippen molar-refractivity contribution < 1.29 is 23.8 Å². The first kappa shape index (κ1) is 20.0. The molecular formula is C20H27N3O5. The topological polar surface area (TPSA) is 92.9 Å². The van der Waals surface area contributed by atoms with E-state index in [1.165, 1.54) is 27.8 Å². The summed E-state index contributed by atoms with van der Waals surface area (Å²) < 4.78 is 15.5. The summed E-state index contributed by atoms with van der Waals surface area (Å²) in [6.07, 6.45) is 2.28. The second-order valence-electron chi connectivity index (χ2n) is 7.15. The minimum atomic E-state index is -0.559. The fourth-order valence-corrected chi connectivity index (χ4v) is 3.72. The van der Waals surface area contributed by atoms with E-state index in [1.807, 2.05) is 0 Å². The van der Waals surface area contributed by atoms with Gasteiger partial charge in [0.25, 0.3) is 0 Å². The third-order valence-electron chi connectivity index (χ3n) is 5.07. The van der Waals surface area contributed by atoms with E-state index in [1.54, 1.807) is 12.1 Å². The average molecular weight is 389 g/mol. The molecule has 1 atom stereocenters. The van der Waals surface area contributed by atoms with Crippen LogP contribution in [-0.2, 0) is 9.53 Å². The zero-order chi connectivity index (χ0) is 20.3. The lowest BCUT2D eigenvalue weighted by Crippen LogP contribution is -2.39. The maximum absolute atomic E-state index is 12.7. The Labute approximate surface area is 164 Å². The van der Waals surface area contributed by atoms with Gasteiger partial charge in [0.15, 0.2) is 11.5 Å². The molecule has 1 aromatic carbocycles. The first-order valence-corrected chi connectivity index (χ1v) is 9.35. The summed E-state index contributed by atoms with van der Waals surface area (Å²) >= 11 is 0. The van der Waals surface area contributed by atoms with Crippen LogP contribution >= 0.6 is 0 Å². The molecule has 8 nitrogen and oxygen atoms in total. The van der Waals surface area contributed by atoms with Gasteiger partial charge in [-0.25, -0.2) is 4.79 Å². The highest BCUT2D eigenvalue weighted by Crippen LogP contribution is 2.37. The number of fused-ring (bicyclic) bond motifs is 1. The molecule has 0 bridgehead atoms. The van der Waals surface area contributed by atoms with Crippen molar-refractivity contribution >= 4 is 28.5 Å². The first-order chi connectivity index (χ1) is 13.5. The molecule has 2 heterocycles. The summed E-state index contributed by atoms with van der Waals surface area (Å²) in [6, 6.07) is 3.46. The number of aromatic nitrogens is 1. The summed E-state index contributed by atoms with van der Waals surface area (Å²) in [5.41, 5.74) is 1.21. The van der Waals surface area contributed by atoms with Crippen molar-refractivity contribution in [3.8, 4) is 11.5 Å².